The van der Waals surface area contributed by atoms with Crippen LogP contribution in [0.25, 0.3) is 0 Å². The summed E-state index contributed by atoms with van der Waals surface area (Å²) in [5, 5.41) is 8.10. The van der Waals surface area contributed by atoms with Crippen molar-refractivity contribution in [1.29, 1.82) is 0 Å². The molecule has 0 bridgehead atoms. The summed E-state index contributed by atoms with van der Waals surface area (Å²) in [5.41, 5.74) is 2.15. The van der Waals surface area contributed by atoms with Gasteiger partial charge in [-0.25, -0.2) is 8.42 Å². The Morgan fingerprint density at radius 2 is 2.05 bits per heavy atom. The van der Waals surface area contributed by atoms with E-state index in [1.807, 2.05) is 32.0 Å². The van der Waals surface area contributed by atoms with Crippen molar-refractivity contribution in [2.75, 3.05) is 17.8 Å². The Labute approximate surface area is 134 Å². The van der Waals surface area contributed by atoms with Crippen LogP contribution in [0.5, 0.6) is 5.75 Å². The van der Waals surface area contributed by atoms with Gasteiger partial charge < -0.3 is 9.15 Å². The van der Waals surface area contributed by atoms with Crippen LogP contribution in [0.15, 0.2) is 27.8 Å². The monoisotopic (exact) mass is 342 g/mol. The maximum Gasteiger partial charge on any atom is 0.276 e. The van der Waals surface area contributed by atoms with Crippen molar-refractivity contribution in [3.05, 3.63) is 35.2 Å². The first-order chi connectivity index (χ1) is 10.3. The zero-order chi connectivity index (χ0) is 16.2. The van der Waals surface area contributed by atoms with Crippen LogP contribution in [0.2, 0.25) is 0 Å². The molecule has 0 atom stereocenters. The van der Waals surface area contributed by atoms with Crippen molar-refractivity contribution < 1.29 is 17.6 Å². The zero-order valence-electron chi connectivity index (χ0n) is 12.7. The van der Waals surface area contributed by atoms with Crippen molar-refractivity contribution in [2.45, 2.75) is 25.7 Å². The molecule has 0 aliphatic carbocycles. The topological polar surface area (TPSA) is 82.3 Å². The predicted octanol–water partition coefficient (Wildman–Crippen LogP) is 2.40. The zero-order valence-corrected chi connectivity index (χ0v) is 14.3. The van der Waals surface area contributed by atoms with Gasteiger partial charge in [0.15, 0.2) is 6.61 Å². The Morgan fingerprint density at radius 3 is 2.77 bits per heavy atom. The molecule has 120 valence electrons. The highest BCUT2D eigenvalue weighted by atomic mass is 32.2. The van der Waals surface area contributed by atoms with Crippen LogP contribution in [0.4, 0.5) is 0 Å². The predicted molar refractivity (Wildman–Crippen MR) is 85.0 cm³/mol. The Kier molecular flexibility index (Phi) is 5.47. The van der Waals surface area contributed by atoms with Gasteiger partial charge in [0.2, 0.25) is 0 Å². The van der Waals surface area contributed by atoms with Crippen LogP contribution >= 0.6 is 11.8 Å². The summed E-state index contributed by atoms with van der Waals surface area (Å²) < 4.78 is 33.2. The summed E-state index contributed by atoms with van der Waals surface area (Å²) in [6, 6.07) is 5.96. The smallest absolute Gasteiger partial charge is 0.276 e. The molecule has 0 unspecified atom stereocenters. The van der Waals surface area contributed by atoms with Crippen molar-refractivity contribution in [1.82, 2.24) is 10.2 Å². The highest BCUT2D eigenvalue weighted by Crippen LogP contribution is 2.21. The van der Waals surface area contributed by atoms with Gasteiger partial charge in [0.1, 0.15) is 15.6 Å². The number of rotatable bonds is 7. The Morgan fingerprint density at radius 1 is 1.27 bits per heavy atom. The minimum Gasteiger partial charge on any atom is -0.484 e. The van der Waals surface area contributed by atoms with Crippen LogP contribution < -0.4 is 4.74 Å². The fourth-order valence-corrected chi connectivity index (χ4v) is 3.61. The lowest BCUT2D eigenvalue weighted by molar-refractivity contribution is 0.250. The van der Waals surface area contributed by atoms with Crippen molar-refractivity contribution >= 4 is 21.6 Å². The summed E-state index contributed by atoms with van der Waals surface area (Å²) in [7, 11) is -2.98. The van der Waals surface area contributed by atoms with E-state index in [9.17, 15) is 8.42 Å². The fraction of sp³-hybridized carbons (Fsp3) is 0.429. The first kappa shape index (κ1) is 16.8. The van der Waals surface area contributed by atoms with Gasteiger partial charge in [-0.2, -0.15) is 0 Å². The molecule has 0 aliphatic heterocycles. The number of benzene rings is 1. The number of aryl methyl sites for hydroxylation is 2. The normalized spacial score (nSPS) is 11.6. The molecule has 22 heavy (non-hydrogen) atoms. The van der Waals surface area contributed by atoms with E-state index in [2.05, 4.69) is 10.2 Å². The number of ether oxygens (including phenoxy) is 1. The second-order valence-electron chi connectivity index (χ2n) is 5.00. The average molecular weight is 342 g/mol. The quantitative estimate of drug-likeness (QED) is 0.715. The van der Waals surface area contributed by atoms with Crippen LogP contribution in [0, 0.1) is 13.8 Å². The molecule has 2 aromatic rings. The number of aromatic nitrogens is 2. The summed E-state index contributed by atoms with van der Waals surface area (Å²) in [6.07, 6.45) is 1.20. The molecular formula is C14H18N2O4S2. The maximum atomic E-state index is 11.0. The molecule has 0 fully saturated rings. The average Bonchev–Trinajstić information content (AvgIpc) is 2.86. The molecule has 0 aliphatic rings. The minimum absolute atomic E-state index is 0.0777. The molecule has 8 heteroatoms. The number of hydrogen-bond acceptors (Lipinski definition) is 7. The molecule has 0 radical (unpaired) electrons. The third-order valence-electron chi connectivity index (χ3n) is 2.82. The number of sulfone groups is 1. The van der Waals surface area contributed by atoms with Crippen LogP contribution in [0.3, 0.4) is 0 Å². The van der Waals surface area contributed by atoms with Gasteiger partial charge in [0.05, 0.1) is 5.75 Å². The Balaban J connectivity index is 1.88. The van der Waals surface area contributed by atoms with E-state index in [1.165, 1.54) is 18.0 Å². The molecule has 1 heterocycles. The van der Waals surface area contributed by atoms with E-state index in [1.54, 1.807) is 0 Å². The third-order valence-corrected chi connectivity index (χ3v) is 4.85. The van der Waals surface area contributed by atoms with Crippen molar-refractivity contribution in [3.8, 4) is 5.75 Å². The molecule has 1 aromatic heterocycles. The van der Waals surface area contributed by atoms with Gasteiger partial charge in [-0.1, -0.05) is 23.9 Å². The summed E-state index contributed by atoms with van der Waals surface area (Å²) in [5.74, 6) is 1.61. The minimum atomic E-state index is -2.98. The van der Waals surface area contributed by atoms with Gasteiger partial charge in [-0.15, -0.1) is 10.2 Å². The van der Waals surface area contributed by atoms with E-state index in [0.717, 1.165) is 16.9 Å². The maximum absolute atomic E-state index is 11.0. The lowest BCUT2D eigenvalue weighted by Gasteiger charge is -2.07. The summed E-state index contributed by atoms with van der Waals surface area (Å²) >= 11 is 1.22. The second-order valence-corrected chi connectivity index (χ2v) is 8.30. The number of thioether (sulfide) groups is 1. The molecular weight excluding hydrogens is 324 g/mol. The Bertz CT molecular complexity index is 741. The molecule has 0 N–H and O–H groups in total. The van der Waals surface area contributed by atoms with E-state index in [0.29, 0.717) is 16.9 Å². The molecule has 1 aromatic carbocycles. The second kappa shape index (κ2) is 7.15. The highest BCUT2D eigenvalue weighted by molar-refractivity contribution is 8.00. The van der Waals surface area contributed by atoms with Crippen molar-refractivity contribution in [3.63, 3.8) is 0 Å². The first-order valence-corrected chi connectivity index (χ1v) is 9.71. The standard InChI is InChI=1S/C14H18N2O4S2/c1-10-4-5-11(2)12(8-10)19-9-13-15-16-14(20-13)21-6-7-22(3,17)18/h4-5,8H,6-7,9H2,1-3H3. The summed E-state index contributed by atoms with van der Waals surface area (Å²) in [4.78, 5) is 0. The van der Waals surface area contributed by atoms with Gasteiger partial charge in [-0.05, 0) is 31.0 Å². The first-order valence-electron chi connectivity index (χ1n) is 6.66. The van der Waals surface area contributed by atoms with E-state index in [-0.39, 0.29) is 12.4 Å². The molecule has 0 amide bonds. The van der Waals surface area contributed by atoms with Crippen molar-refractivity contribution in [2.24, 2.45) is 0 Å². The molecule has 0 saturated carbocycles. The lowest BCUT2D eigenvalue weighted by Crippen LogP contribution is -2.04. The summed E-state index contributed by atoms with van der Waals surface area (Å²) in [6.45, 7) is 4.15. The van der Waals surface area contributed by atoms with Gasteiger partial charge in [-0.3, -0.25) is 0 Å². The van der Waals surface area contributed by atoms with E-state index < -0.39 is 9.84 Å². The van der Waals surface area contributed by atoms with E-state index in [4.69, 9.17) is 9.15 Å². The van der Waals surface area contributed by atoms with Gasteiger partial charge >= 0.3 is 0 Å². The van der Waals surface area contributed by atoms with Crippen LogP contribution in [0.1, 0.15) is 17.0 Å². The van der Waals surface area contributed by atoms with Gasteiger partial charge in [0, 0.05) is 12.0 Å². The number of nitrogens with zero attached hydrogens (tertiary/aromatic N) is 2. The molecule has 6 nitrogen and oxygen atoms in total. The largest absolute Gasteiger partial charge is 0.484 e. The number of hydrogen-bond donors (Lipinski definition) is 0. The van der Waals surface area contributed by atoms with E-state index >= 15 is 0 Å². The fourth-order valence-electron chi connectivity index (χ4n) is 1.64. The molecule has 2 rings (SSSR count). The lowest BCUT2D eigenvalue weighted by atomic mass is 10.1. The third kappa shape index (κ3) is 5.34. The molecule has 0 saturated heterocycles. The molecule has 0 spiro atoms. The van der Waals surface area contributed by atoms with Crippen LogP contribution in [-0.4, -0.2) is 36.4 Å². The highest BCUT2D eigenvalue weighted by Gasteiger charge is 2.10. The Hall–Kier alpha value is -1.54. The van der Waals surface area contributed by atoms with Gasteiger partial charge in [0.25, 0.3) is 11.1 Å². The van der Waals surface area contributed by atoms with Crippen LogP contribution in [-0.2, 0) is 16.4 Å². The SMILES string of the molecule is Cc1ccc(C)c(OCc2nnc(SCCS(C)(=O)=O)o2)c1.